The molecule has 0 radical (unpaired) electrons. The number of nitrogens with zero attached hydrogens (tertiary/aromatic N) is 1. The summed E-state index contributed by atoms with van der Waals surface area (Å²) < 4.78 is 5.15. The van der Waals surface area contributed by atoms with E-state index in [1.54, 1.807) is 14.2 Å². The Morgan fingerprint density at radius 1 is 1.24 bits per heavy atom. The first-order valence-electron chi connectivity index (χ1n) is 7.10. The van der Waals surface area contributed by atoms with Crippen LogP contribution >= 0.6 is 24.0 Å². The van der Waals surface area contributed by atoms with E-state index in [0.29, 0.717) is 18.6 Å². The van der Waals surface area contributed by atoms with Gasteiger partial charge in [0.2, 0.25) is 0 Å². The molecular formula is C16H28IN3O. The Morgan fingerprint density at radius 3 is 2.48 bits per heavy atom. The number of guanidine groups is 1. The number of hydrogen-bond donors (Lipinski definition) is 2. The van der Waals surface area contributed by atoms with Crippen LogP contribution in [0.4, 0.5) is 0 Å². The summed E-state index contributed by atoms with van der Waals surface area (Å²) in [6, 6.07) is 8.77. The van der Waals surface area contributed by atoms with E-state index in [4.69, 9.17) is 4.74 Å². The van der Waals surface area contributed by atoms with Crippen LogP contribution < -0.4 is 10.6 Å². The van der Waals surface area contributed by atoms with Crippen LogP contribution in [-0.4, -0.2) is 26.2 Å². The Kier molecular flexibility index (Phi) is 10.4. The lowest BCUT2D eigenvalue weighted by Gasteiger charge is -2.20. The second-order valence-electron chi connectivity index (χ2n) is 5.36. The molecule has 0 saturated heterocycles. The highest BCUT2D eigenvalue weighted by Gasteiger charge is 2.08. The molecule has 1 rings (SSSR count). The summed E-state index contributed by atoms with van der Waals surface area (Å²) in [6.07, 6.45) is 0. The van der Waals surface area contributed by atoms with E-state index < -0.39 is 0 Å². The fourth-order valence-electron chi connectivity index (χ4n) is 1.76. The van der Waals surface area contributed by atoms with Crippen LogP contribution in [0.15, 0.2) is 29.3 Å². The topological polar surface area (TPSA) is 45.7 Å². The zero-order chi connectivity index (χ0) is 15.0. The third-order valence-electron chi connectivity index (χ3n) is 3.35. The third-order valence-corrected chi connectivity index (χ3v) is 3.35. The van der Waals surface area contributed by atoms with Crippen molar-refractivity contribution >= 4 is 29.9 Å². The lowest BCUT2D eigenvalue weighted by atomic mass is 10.1. The van der Waals surface area contributed by atoms with Gasteiger partial charge in [0.05, 0.1) is 6.61 Å². The quantitative estimate of drug-likeness (QED) is 0.434. The maximum Gasteiger partial charge on any atom is 0.191 e. The van der Waals surface area contributed by atoms with Gasteiger partial charge in [-0.3, -0.25) is 4.99 Å². The fraction of sp³-hybridized carbons (Fsp3) is 0.562. The number of methoxy groups -OCH3 is 1. The third kappa shape index (κ3) is 7.66. The molecular weight excluding hydrogens is 377 g/mol. The van der Waals surface area contributed by atoms with Crippen LogP contribution in [0.3, 0.4) is 0 Å². The maximum atomic E-state index is 5.15. The SMILES string of the molecule is CN=C(NCc1cccc(COC)c1)NC(C)C(C)C.I. The molecule has 4 nitrogen and oxygen atoms in total. The first-order chi connectivity index (χ1) is 9.56. The highest BCUT2D eigenvalue weighted by molar-refractivity contribution is 14.0. The van der Waals surface area contributed by atoms with Gasteiger partial charge in [0.1, 0.15) is 0 Å². The van der Waals surface area contributed by atoms with Crippen LogP contribution in [0, 0.1) is 5.92 Å². The molecule has 0 spiro atoms. The van der Waals surface area contributed by atoms with Crippen molar-refractivity contribution in [2.75, 3.05) is 14.2 Å². The molecule has 1 aromatic carbocycles. The van der Waals surface area contributed by atoms with E-state index in [2.05, 4.69) is 60.7 Å². The van der Waals surface area contributed by atoms with Gasteiger partial charge in [-0.2, -0.15) is 0 Å². The smallest absolute Gasteiger partial charge is 0.191 e. The predicted molar refractivity (Wildman–Crippen MR) is 100 cm³/mol. The van der Waals surface area contributed by atoms with Crippen molar-refractivity contribution in [1.29, 1.82) is 0 Å². The van der Waals surface area contributed by atoms with Gasteiger partial charge in [0.15, 0.2) is 5.96 Å². The van der Waals surface area contributed by atoms with Crippen molar-refractivity contribution in [2.45, 2.75) is 40.0 Å². The zero-order valence-corrected chi connectivity index (χ0v) is 16.0. The molecule has 21 heavy (non-hydrogen) atoms. The number of hydrogen-bond acceptors (Lipinski definition) is 2. The average Bonchev–Trinajstić information content (AvgIpc) is 2.43. The van der Waals surface area contributed by atoms with Crippen molar-refractivity contribution in [1.82, 2.24) is 10.6 Å². The first kappa shape index (κ1) is 20.2. The summed E-state index contributed by atoms with van der Waals surface area (Å²) in [4.78, 5) is 4.25. The minimum Gasteiger partial charge on any atom is -0.380 e. The molecule has 1 atom stereocenters. The Balaban J connectivity index is 0.00000400. The summed E-state index contributed by atoms with van der Waals surface area (Å²) in [7, 11) is 3.51. The summed E-state index contributed by atoms with van der Waals surface area (Å²) in [6.45, 7) is 7.95. The molecule has 0 bridgehead atoms. The minimum absolute atomic E-state index is 0. The van der Waals surface area contributed by atoms with E-state index in [-0.39, 0.29) is 24.0 Å². The predicted octanol–water partition coefficient (Wildman–Crippen LogP) is 3.16. The molecule has 5 heteroatoms. The largest absolute Gasteiger partial charge is 0.380 e. The molecule has 120 valence electrons. The van der Waals surface area contributed by atoms with Crippen LogP contribution in [0.1, 0.15) is 31.9 Å². The van der Waals surface area contributed by atoms with Crippen LogP contribution in [0.5, 0.6) is 0 Å². The number of rotatable bonds is 6. The monoisotopic (exact) mass is 405 g/mol. The maximum absolute atomic E-state index is 5.15. The van der Waals surface area contributed by atoms with Crippen molar-refractivity contribution in [3.63, 3.8) is 0 Å². The van der Waals surface area contributed by atoms with Gasteiger partial charge in [-0.25, -0.2) is 0 Å². The van der Waals surface area contributed by atoms with Gasteiger partial charge >= 0.3 is 0 Å². The normalized spacial score (nSPS) is 12.8. The van der Waals surface area contributed by atoms with E-state index in [0.717, 1.165) is 12.5 Å². The zero-order valence-electron chi connectivity index (χ0n) is 13.6. The highest BCUT2D eigenvalue weighted by Crippen LogP contribution is 2.06. The van der Waals surface area contributed by atoms with Crippen molar-refractivity contribution in [3.8, 4) is 0 Å². The number of benzene rings is 1. The van der Waals surface area contributed by atoms with E-state index in [9.17, 15) is 0 Å². The Hall–Kier alpha value is -0.820. The van der Waals surface area contributed by atoms with Crippen molar-refractivity contribution < 1.29 is 4.74 Å². The molecule has 0 aromatic heterocycles. The summed E-state index contributed by atoms with van der Waals surface area (Å²) in [5.74, 6) is 1.40. The van der Waals surface area contributed by atoms with E-state index >= 15 is 0 Å². The first-order valence-corrected chi connectivity index (χ1v) is 7.10. The van der Waals surface area contributed by atoms with Crippen molar-refractivity contribution in [3.05, 3.63) is 35.4 Å². The van der Waals surface area contributed by atoms with Gasteiger partial charge in [0.25, 0.3) is 0 Å². The second kappa shape index (κ2) is 10.8. The Labute approximate surface area is 145 Å². The molecule has 0 fully saturated rings. The van der Waals surface area contributed by atoms with Gasteiger partial charge in [-0.05, 0) is 24.0 Å². The molecule has 1 unspecified atom stereocenters. The van der Waals surface area contributed by atoms with Crippen LogP contribution in [-0.2, 0) is 17.9 Å². The van der Waals surface area contributed by atoms with Gasteiger partial charge in [0, 0.05) is 26.7 Å². The number of nitrogens with one attached hydrogen (secondary N) is 2. The molecule has 0 heterocycles. The molecule has 0 amide bonds. The summed E-state index contributed by atoms with van der Waals surface area (Å²) in [5, 5.41) is 6.73. The average molecular weight is 405 g/mol. The minimum atomic E-state index is 0. The fourth-order valence-corrected chi connectivity index (χ4v) is 1.76. The van der Waals surface area contributed by atoms with Crippen LogP contribution in [0.25, 0.3) is 0 Å². The number of aliphatic imine (C=N–C) groups is 1. The number of ether oxygens (including phenoxy) is 1. The molecule has 0 aliphatic heterocycles. The lowest BCUT2D eigenvalue weighted by Crippen LogP contribution is -2.43. The van der Waals surface area contributed by atoms with Gasteiger partial charge in [-0.15, -0.1) is 24.0 Å². The molecule has 1 aromatic rings. The second-order valence-corrected chi connectivity index (χ2v) is 5.36. The Bertz CT molecular complexity index is 435. The van der Waals surface area contributed by atoms with Gasteiger partial charge < -0.3 is 15.4 Å². The van der Waals surface area contributed by atoms with E-state index in [1.807, 2.05) is 0 Å². The molecule has 0 aliphatic carbocycles. The lowest BCUT2D eigenvalue weighted by molar-refractivity contribution is 0.185. The standard InChI is InChI=1S/C16H27N3O.HI/c1-12(2)13(3)19-16(17-4)18-10-14-7-6-8-15(9-14)11-20-5;/h6-9,12-13H,10-11H2,1-5H3,(H2,17,18,19);1H. The summed E-state index contributed by atoms with van der Waals surface area (Å²) >= 11 is 0. The Morgan fingerprint density at radius 2 is 1.90 bits per heavy atom. The molecule has 0 saturated carbocycles. The molecule has 2 N–H and O–H groups in total. The van der Waals surface area contributed by atoms with Crippen LogP contribution in [0.2, 0.25) is 0 Å². The van der Waals surface area contributed by atoms with Crippen molar-refractivity contribution in [2.24, 2.45) is 10.9 Å². The summed E-state index contributed by atoms with van der Waals surface area (Å²) in [5.41, 5.74) is 2.41. The molecule has 0 aliphatic rings. The van der Waals surface area contributed by atoms with Gasteiger partial charge in [-0.1, -0.05) is 38.1 Å². The number of halogens is 1. The highest BCUT2D eigenvalue weighted by atomic mass is 127. The van der Waals surface area contributed by atoms with E-state index in [1.165, 1.54) is 11.1 Å².